The molecule has 2 fully saturated rings. The highest BCUT2D eigenvalue weighted by atomic mass is 16.3. The molecule has 3 rings (SSSR count). The van der Waals surface area contributed by atoms with Crippen molar-refractivity contribution in [3.63, 3.8) is 0 Å². The minimum absolute atomic E-state index is 0.0182. The smallest absolute Gasteiger partial charge is 0.225 e. The average molecular weight is 361 g/mol. The molecular weight excluding hydrogens is 330 g/mol. The van der Waals surface area contributed by atoms with Gasteiger partial charge < -0.3 is 14.6 Å². The summed E-state index contributed by atoms with van der Waals surface area (Å²) in [6.45, 7) is 7.78. The van der Waals surface area contributed by atoms with Gasteiger partial charge in [-0.1, -0.05) is 13.8 Å². The molecule has 0 radical (unpaired) electrons. The molecule has 6 nitrogen and oxygen atoms in total. The Balaban J connectivity index is 1.57. The number of nitrogens with one attached hydrogen (secondary N) is 1. The van der Waals surface area contributed by atoms with Crippen molar-refractivity contribution in [1.82, 2.24) is 15.1 Å². The molecule has 3 heterocycles. The lowest BCUT2D eigenvalue weighted by Gasteiger charge is -2.33. The Kier molecular flexibility index (Phi) is 6.35. The van der Waals surface area contributed by atoms with E-state index < -0.39 is 0 Å². The number of furan rings is 1. The van der Waals surface area contributed by atoms with E-state index in [-0.39, 0.29) is 29.7 Å². The molecule has 0 saturated carbocycles. The molecular formula is C20H31N3O3. The van der Waals surface area contributed by atoms with Gasteiger partial charge in [-0.25, -0.2) is 0 Å². The Morgan fingerprint density at radius 2 is 2.00 bits per heavy atom. The van der Waals surface area contributed by atoms with Crippen molar-refractivity contribution in [2.24, 2.45) is 11.8 Å². The van der Waals surface area contributed by atoms with Crippen LogP contribution in [0.5, 0.6) is 0 Å². The van der Waals surface area contributed by atoms with Crippen molar-refractivity contribution >= 4 is 11.8 Å². The summed E-state index contributed by atoms with van der Waals surface area (Å²) in [5.74, 6) is 0.986. The number of nitrogens with zero attached hydrogens (tertiary/aromatic N) is 2. The summed E-state index contributed by atoms with van der Waals surface area (Å²) in [5.41, 5.74) is 0. The van der Waals surface area contributed by atoms with Gasteiger partial charge in [-0.05, 0) is 50.9 Å². The number of likely N-dealkylation sites (tertiary alicyclic amines) is 2. The topological polar surface area (TPSA) is 65.8 Å². The molecule has 0 aromatic carbocycles. The number of rotatable bonds is 6. The molecule has 144 valence electrons. The Labute approximate surface area is 155 Å². The van der Waals surface area contributed by atoms with Crippen LogP contribution in [0.25, 0.3) is 0 Å². The Morgan fingerprint density at radius 3 is 2.65 bits per heavy atom. The van der Waals surface area contributed by atoms with E-state index in [1.54, 1.807) is 6.26 Å². The third-order valence-electron chi connectivity index (χ3n) is 5.52. The normalized spacial score (nSPS) is 22.6. The first-order valence-electron chi connectivity index (χ1n) is 9.90. The van der Waals surface area contributed by atoms with Crippen molar-refractivity contribution in [3.05, 3.63) is 24.2 Å². The fraction of sp³-hybridized carbons (Fsp3) is 0.700. The molecule has 0 aliphatic carbocycles. The molecule has 2 aliphatic rings. The van der Waals surface area contributed by atoms with Crippen LogP contribution in [0.4, 0.5) is 0 Å². The van der Waals surface area contributed by atoms with Crippen molar-refractivity contribution < 1.29 is 14.0 Å². The molecule has 0 spiro atoms. The van der Waals surface area contributed by atoms with E-state index in [0.717, 1.165) is 38.2 Å². The first-order valence-corrected chi connectivity index (χ1v) is 9.90. The van der Waals surface area contributed by atoms with E-state index in [1.165, 1.54) is 12.8 Å². The third-order valence-corrected chi connectivity index (χ3v) is 5.52. The van der Waals surface area contributed by atoms with E-state index >= 15 is 0 Å². The molecule has 6 heteroatoms. The highest BCUT2D eigenvalue weighted by Crippen LogP contribution is 2.25. The van der Waals surface area contributed by atoms with Gasteiger partial charge in [-0.3, -0.25) is 14.5 Å². The first-order chi connectivity index (χ1) is 12.6. The van der Waals surface area contributed by atoms with E-state index in [9.17, 15) is 9.59 Å². The van der Waals surface area contributed by atoms with Gasteiger partial charge in [0, 0.05) is 25.6 Å². The zero-order valence-electron chi connectivity index (χ0n) is 15.9. The third kappa shape index (κ3) is 4.47. The second kappa shape index (κ2) is 8.71. The van der Waals surface area contributed by atoms with E-state index in [4.69, 9.17) is 4.42 Å². The van der Waals surface area contributed by atoms with Crippen LogP contribution in [0.3, 0.4) is 0 Å². The lowest BCUT2D eigenvalue weighted by Crippen LogP contribution is -2.47. The van der Waals surface area contributed by atoms with Gasteiger partial charge in [0.15, 0.2) is 0 Å². The Morgan fingerprint density at radius 1 is 1.23 bits per heavy atom. The average Bonchev–Trinajstić information content (AvgIpc) is 3.35. The highest BCUT2D eigenvalue weighted by Gasteiger charge is 2.31. The monoisotopic (exact) mass is 361 g/mol. The SMILES string of the molecule is CC(C)C(=O)N1CCC[C@@H](C(=O)NC[C@H](c2ccco2)N2CCCC2)C1. The predicted octanol–water partition coefficient (Wildman–Crippen LogP) is 2.43. The second-order valence-corrected chi connectivity index (χ2v) is 7.80. The van der Waals surface area contributed by atoms with Crippen molar-refractivity contribution in [2.45, 2.75) is 45.6 Å². The zero-order chi connectivity index (χ0) is 18.5. The summed E-state index contributed by atoms with van der Waals surface area (Å²) in [7, 11) is 0. The molecule has 2 amide bonds. The van der Waals surface area contributed by atoms with Gasteiger partial charge in [0.25, 0.3) is 0 Å². The first kappa shape index (κ1) is 19.0. The Bertz CT molecular complexity index is 593. The number of carbonyl (C=O) groups excluding carboxylic acids is 2. The Hall–Kier alpha value is -1.82. The van der Waals surface area contributed by atoms with E-state index in [1.807, 2.05) is 30.9 Å². The number of hydrogen-bond acceptors (Lipinski definition) is 4. The van der Waals surface area contributed by atoms with Gasteiger partial charge in [0.05, 0.1) is 18.2 Å². The molecule has 1 aromatic heterocycles. The molecule has 0 unspecified atom stereocenters. The number of hydrogen-bond donors (Lipinski definition) is 1. The molecule has 1 aromatic rings. The van der Waals surface area contributed by atoms with Crippen LogP contribution in [-0.2, 0) is 9.59 Å². The summed E-state index contributed by atoms with van der Waals surface area (Å²) in [4.78, 5) is 29.2. The predicted molar refractivity (Wildman–Crippen MR) is 99.4 cm³/mol. The summed E-state index contributed by atoms with van der Waals surface area (Å²) < 4.78 is 5.61. The van der Waals surface area contributed by atoms with Crippen LogP contribution >= 0.6 is 0 Å². The molecule has 1 N–H and O–H groups in total. The lowest BCUT2D eigenvalue weighted by atomic mass is 9.96. The van der Waals surface area contributed by atoms with Crippen LogP contribution in [-0.4, -0.2) is 54.3 Å². The zero-order valence-corrected chi connectivity index (χ0v) is 15.9. The number of piperidine rings is 1. The lowest BCUT2D eigenvalue weighted by molar-refractivity contribution is -0.138. The van der Waals surface area contributed by atoms with Gasteiger partial charge in [-0.2, -0.15) is 0 Å². The largest absolute Gasteiger partial charge is 0.468 e. The van der Waals surface area contributed by atoms with Crippen LogP contribution in [0.2, 0.25) is 0 Å². The summed E-state index contributed by atoms with van der Waals surface area (Å²) in [6.07, 6.45) is 5.82. The minimum atomic E-state index is -0.109. The van der Waals surface area contributed by atoms with Crippen LogP contribution in [0.15, 0.2) is 22.8 Å². The maximum absolute atomic E-state index is 12.7. The summed E-state index contributed by atoms with van der Waals surface area (Å²) >= 11 is 0. The number of carbonyl (C=O) groups is 2. The quantitative estimate of drug-likeness (QED) is 0.845. The summed E-state index contributed by atoms with van der Waals surface area (Å²) in [6, 6.07) is 3.98. The van der Waals surface area contributed by atoms with Crippen molar-refractivity contribution in [3.8, 4) is 0 Å². The maximum atomic E-state index is 12.7. The van der Waals surface area contributed by atoms with Crippen molar-refractivity contribution in [1.29, 1.82) is 0 Å². The fourth-order valence-electron chi connectivity index (χ4n) is 4.04. The van der Waals surface area contributed by atoms with E-state index in [0.29, 0.717) is 13.1 Å². The van der Waals surface area contributed by atoms with Gasteiger partial charge >= 0.3 is 0 Å². The standard InChI is InChI=1S/C20H31N3O3/c1-15(2)20(25)23-11-5-7-16(14-23)19(24)21-13-17(18-8-6-12-26-18)22-9-3-4-10-22/h6,8,12,15-17H,3-5,7,9-11,13-14H2,1-2H3,(H,21,24)/t16-,17-/m1/s1. The van der Waals surface area contributed by atoms with Gasteiger partial charge in [-0.15, -0.1) is 0 Å². The molecule has 26 heavy (non-hydrogen) atoms. The molecule has 2 aliphatic heterocycles. The maximum Gasteiger partial charge on any atom is 0.225 e. The second-order valence-electron chi connectivity index (χ2n) is 7.80. The van der Waals surface area contributed by atoms with Crippen LogP contribution in [0.1, 0.15) is 51.3 Å². The molecule has 2 saturated heterocycles. The van der Waals surface area contributed by atoms with Crippen LogP contribution < -0.4 is 5.32 Å². The summed E-state index contributed by atoms with van der Waals surface area (Å²) in [5, 5.41) is 3.13. The minimum Gasteiger partial charge on any atom is -0.468 e. The van der Waals surface area contributed by atoms with Crippen molar-refractivity contribution in [2.75, 3.05) is 32.7 Å². The fourth-order valence-corrected chi connectivity index (χ4v) is 4.04. The van der Waals surface area contributed by atoms with Crippen LogP contribution in [0, 0.1) is 11.8 Å². The van der Waals surface area contributed by atoms with Gasteiger partial charge in [0.2, 0.25) is 11.8 Å². The molecule has 0 bridgehead atoms. The molecule has 2 atom stereocenters. The van der Waals surface area contributed by atoms with Gasteiger partial charge in [0.1, 0.15) is 5.76 Å². The van der Waals surface area contributed by atoms with E-state index in [2.05, 4.69) is 10.2 Å². The number of amides is 2. The highest BCUT2D eigenvalue weighted by molar-refractivity contribution is 5.82.